The van der Waals surface area contributed by atoms with Crippen molar-refractivity contribution in [1.29, 1.82) is 0 Å². The minimum Gasteiger partial charge on any atom is -0.508 e. The molecule has 0 aliphatic carbocycles. The van der Waals surface area contributed by atoms with E-state index in [0.717, 1.165) is 13.0 Å². The molecular weight excluding hydrogens is 276 g/mol. The van der Waals surface area contributed by atoms with Gasteiger partial charge in [-0.3, -0.25) is 0 Å². The van der Waals surface area contributed by atoms with Crippen molar-refractivity contribution < 1.29 is 9.84 Å². The predicted molar refractivity (Wildman–Crippen MR) is 82.2 cm³/mol. The predicted octanol–water partition coefficient (Wildman–Crippen LogP) is 3.93. The van der Waals surface area contributed by atoms with Crippen LogP contribution in [0.2, 0.25) is 0 Å². The molecule has 2 aliphatic rings. The average molecular weight is 296 g/mol. The van der Waals surface area contributed by atoms with Gasteiger partial charge in [0, 0.05) is 16.8 Å². The second-order valence-corrected chi connectivity index (χ2v) is 7.97. The highest BCUT2D eigenvalue weighted by Gasteiger charge is 2.38. The summed E-state index contributed by atoms with van der Waals surface area (Å²) < 4.78 is 6.13. The summed E-state index contributed by atoms with van der Waals surface area (Å²) in [5.74, 6) is 2.84. The van der Waals surface area contributed by atoms with Gasteiger partial charge >= 0.3 is 0 Å². The first-order chi connectivity index (χ1) is 9.26. The van der Waals surface area contributed by atoms with Gasteiger partial charge in [0.15, 0.2) is 0 Å². The fourth-order valence-corrected chi connectivity index (χ4v) is 5.41. The van der Waals surface area contributed by atoms with Gasteiger partial charge in [0.1, 0.15) is 5.75 Å². The Balaban J connectivity index is 1.63. The topological polar surface area (TPSA) is 29.5 Å². The summed E-state index contributed by atoms with van der Waals surface area (Å²) in [7, 11) is 0. The lowest BCUT2D eigenvalue weighted by Gasteiger charge is -2.43. The highest BCUT2D eigenvalue weighted by molar-refractivity contribution is 8.00. The maximum absolute atomic E-state index is 9.33. The zero-order chi connectivity index (χ0) is 13.1. The number of hydrogen-bond acceptors (Lipinski definition) is 4. The van der Waals surface area contributed by atoms with Crippen LogP contribution in [-0.2, 0) is 4.74 Å². The van der Waals surface area contributed by atoms with Crippen LogP contribution >= 0.6 is 23.5 Å². The van der Waals surface area contributed by atoms with E-state index in [0.29, 0.717) is 11.0 Å². The molecule has 0 radical (unpaired) electrons. The fourth-order valence-electron chi connectivity index (χ4n) is 2.89. The first-order valence-corrected chi connectivity index (χ1v) is 8.97. The number of thioether (sulfide) groups is 2. The van der Waals surface area contributed by atoms with E-state index in [1.54, 1.807) is 12.1 Å². The number of rotatable bonds is 2. The standard InChI is InChI=1S/C15H20O2S2/c16-12-1-3-13(4-2-12)19-14-5-8-17-15(11-14)6-9-18-10-7-15/h1-4,14,16H,5-11H2. The van der Waals surface area contributed by atoms with Gasteiger partial charge in [-0.25, -0.2) is 0 Å². The van der Waals surface area contributed by atoms with Crippen LogP contribution in [0.5, 0.6) is 5.75 Å². The Hall–Kier alpha value is -0.320. The van der Waals surface area contributed by atoms with Gasteiger partial charge in [0.2, 0.25) is 0 Å². The van der Waals surface area contributed by atoms with Gasteiger partial charge in [-0.05, 0) is 61.5 Å². The number of aromatic hydroxyl groups is 1. The van der Waals surface area contributed by atoms with Crippen LogP contribution in [0, 0.1) is 0 Å². The third-order valence-electron chi connectivity index (χ3n) is 3.99. The molecule has 1 aromatic carbocycles. The van der Waals surface area contributed by atoms with E-state index in [4.69, 9.17) is 4.74 Å². The summed E-state index contributed by atoms with van der Waals surface area (Å²) >= 11 is 4.00. The minimum atomic E-state index is 0.165. The van der Waals surface area contributed by atoms with Gasteiger partial charge in [-0.15, -0.1) is 11.8 Å². The highest BCUT2D eigenvalue weighted by atomic mass is 32.2. The highest BCUT2D eigenvalue weighted by Crippen LogP contribution is 2.42. The molecule has 0 aromatic heterocycles. The summed E-state index contributed by atoms with van der Waals surface area (Å²) in [5, 5.41) is 9.98. The van der Waals surface area contributed by atoms with E-state index in [-0.39, 0.29) is 5.60 Å². The SMILES string of the molecule is Oc1ccc(SC2CCOC3(CCSCC3)C2)cc1. The number of ether oxygens (including phenoxy) is 1. The molecule has 19 heavy (non-hydrogen) atoms. The molecule has 0 amide bonds. The van der Waals surface area contributed by atoms with Crippen LogP contribution in [0.3, 0.4) is 0 Å². The molecule has 2 nitrogen and oxygen atoms in total. The fraction of sp³-hybridized carbons (Fsp3) is 0.600. The Morgan fingerprint density at radius 2 is 1.95 bits per heavy atom. The Morgan fingerprint density at radius 3 is 2.68 bits per heavy atom. The third kappa shape index (κ3) is 3.41. The number of benzene rings is 1. The van der Waals surface area contributed by atoms with Crippen molar-refractivity contribution >= 4 is 23.5 Å². The van der Waals surface area contributed by atoms with Crippen molar-refractivity contribution in [2.45, 2.75) is 41.4 Å². The number of hydrogen-bond donors (Lipinski definition) is 1. The molecule has 2 aliphatic heterocycles. The molecular formula is C15H20O2S2. The molecule has 0 bridgehead atoms. The van der Waals surface area contributed by atoms with E-state index in [9.17, 15) is 5.11 Å². The molecule has 1 spiro atoms. The van der Waals surface area contributed by atoms with Gasteiger partial charge in [0.25, 0.3) is 0 Å². The van der Waals surface area contributed by atoms with Crippen molar-refractivity contribution in [2.24, 2.45) is 0 Å². The van der Waals surface area contributed by atoms with Crippen LogP contribution < -0.4 is 0 Å². The van der Waals surface area contributed by atoms with Gasteiger partial charge in [-0.2, -0.15) is 11.8 Å². The first-order valence-electron chi connectivity index (χ1n) is 6.93. The largest absolute Gasteiger partial charge is 0.508 e. The second kappa shape index (κ2) is 5.98. The first kappa shape index (κ1) is 13.7. The zero-order valence-corrected chi connectivity index (χ0v) is 12.6. The molecule has 0 saturated carbocycles. The van der Waals surface area contributed by atoms with E-state index in [2.05, 4.69) is 11.8 Å². The molecule has 2 heterocycles. The van der Waals surface area contributed by atoms with Gasteiger partial charge in [-0.1, -0.05) is 0 Å². The molecule has 4 heteroatoms. The maximum atomic E-state index is 9.33. The smallest absolute Gasteiger partial charge is 0.115 e. The van der Waals surface area contributed by atoms with Crippen molar-refractivity contribution in [3.05, 3.63) is 24.3 Å². The third-order valence-corrected chi connectivity index (χ3v) is 6.26. The van der Waals surface area contributed by atoms with E-state index < -0.39 is 0 Å². The van der Waals surface area contributed by atoms with Crippen LogP contribution in [0.25, 0.3) is 0 Å². The van der Waals surface area contributed by atoms with Crippen LogP contribution in [0.1, 0.15) is 25.7 Å². The van der Waals surface area contributed by atoms with Crippen molar-refractivity contribution in [1.82, 2.24) is 0 Å². The van der Waals surface area contributed by atoms with Crippen molar-refractivity contribution in [3.8, 4) is 5.75 Å². The minimum absolute atomic E-state index is 0.165. The monoisotopic (exact) mass is 296 g/mol. The van der Waals surface area contributed by atoms with Crippen LogP contribution in [0.4, 0.5) is 0 Å². The molecule has 3 rings (SSSR count). The van der Waals surface area contributed by atoms with Crippen molar-refractivity contribution in [3.63, 3.8) is 0 Å². The molecule has 104 valence electrons. The van der Waals surface area contributed by atoms with Gasteiger partial charge in [0.05, 0.1) is 5.60 Å². The summed E-state index contributed by atoms with van der Waals surface area (Å²) in [6, 6.07) is 7.57. The summed E-state index contributed by atoms with van der Waals surface area (Å²) in [5.41, 5.74) is 0.165. The maximum Gasteiger partial charge on any atom is 0.115 e. The molecule has 1 unspecified atom stereocenters. The molecule has 2 saturated heterocycles. The second-order valence-electron chi connectivity index (χ2n) is 5.37. The Morgan fingerprint density at radius 1 is 1.21 bits per heavy atom. The van der Waals surface area contributed by atoms with Crippen LogP contribution in [0.15, 0.2) is 29.2 Å². The zero-order valence-electron chi connectivity index (χ0n) is 11.0. The normalized spacial score (nSPS) is 26.4. The number of phenols is 1. The lowest BCUT2D eigenvalue weighted by Crippen LogP contribution is -2.43. The summed E-state index contributed by atoms with van der Waals surface area (Å²) in [4.78, 5) is 1.25. The Bertz CT molecular complexity index is 407. The Kier molecular flexibility index (Phi) is 4.30. The molecule has 1 aromatic rings. The lowest BCUT2D eigenvalue weighted by molar-refractivity contribution is -0.0804. The summed E-state index contributed by atoms with van der Waals surface area (Å²) in [6.45, 7) is 0.903. The Labute approximate surface area is 123 Å². The van der Waals surface area contributed by atoms with E-state index in [1.807, 2.05) is 23.9 Å². The van der Waals surface area contributed by atoms with Gasteiger partial charge < -0.3 is 9.84 Å². The van der Waals surface area contributed by atoms with Crippen LogP contribution in [-0.4, -0.2) is 34.1 Å². The molecule has 1 N–H and O–H groups in total. The quantitative estimate of drug-likeness (QED) is 0.895. The summed E-state index contributed by atoms with van der Waals surface area (Å²) in [6.07, 6.45) is 4.74. The van der Waals surface area contributed by atoms with Crippen molar-refractivity contribution in [2.75, 3.05) is 18.1 Å². The molecule has 2 fully saturated rings. The average Bonchev–Trinajstić information content (AvgIpc) is 2.42. The molecule has 1 atom stereocenters. The van der Waals surface area contributed by atoms with E-state index >= 15 is 0 Å². The number of phenolic OH excluding ortho intramolecular Hbond substituents is 1. The lowest BCUT2D eigenvalue weighted by atomic mass is 9.88. The van der Waals surface area contributed by atoms with E-state index in [1.165, 1.54) is 35.7 Å².